The number of amides is 1. The molecule has 0 aliphatic heterocycles. The van der Waals surface area contributed by atoms with Crippen LogP contribution in [0.2, 0.25) is 0 Å². The molecule has 0 aliphatic carbocycles. The number of aromatic nitrogens is 2. The molecule has 0 spiro atoms. The summed E-state index contributed by atoms with van der Waals surface area (Å²) in [7, 11) is 4.61. The van der Waals surface area contributed by atoms with Crippen molar-refractivity contribution >= 4 is 12.2 Å². The molecule has 8 heteroatoms. The Morgan fingerprint density at radius 1 is 1.23 bits per heavy atom. The molecule has 140 valence electrons. The predicted molar refractivity (Wildman–Crippen MR) is 94.7 cm³/mol. The lowest BCUT2D eigenvalue weighted by molar-refractivity contribution is -0.124. The summed E-state index contributed by atoms with van der Waals surface area (Å²) in [6.45, 7) is 0. The van der Waals surface area contributed by atoms with E-state index in [0.29, 0.717) is 30.1 Å². The van der Waals surface area contributed by atoms with E-state index in [0.717, 1.165) is 17.5 Å². The maximum Gasteiger partial charge on any atom is 0.220 e. The molecular formula is C18H23N3O5. The van der Waals surface area contributed by atoms with Crippen LogP contribution in [0.15, 0.2) is 24.7 Å². The highest BCUT2D eigenvalue weighted by atomic mass is 16.5. The lowest BCUT2D eigenvalue weighted by Gasteiger charge is -2.16. The van der Waals surface area contributed by atoms with Gasteiger partial charge in [-0.05, 0) is 18.1 Å². The molecule has 26 heavy (non-hydrogen) atoms. The van der Waals surface area contributed by atoms with Crippen LogP contribution in [-0.4, -0.2) is 49.5 Å². The summed E-state index contributed by atoms with van der Waals surface area (Å²) in [6.07, 6.45) is 4.88. The zero-order valence-electron chi connectivity index (χ0n) is 15.1. The van der Waals surface area contributed by atoms with Crippen molar-refractivity contribution in [3.63, 3.8) is 0 Å². The third kappa shape index (κ3) is 4.75. The first kappa shape index (κ1) is 19.3. The zero-order valence-corrected chi connectivity index (χ0v) is 15.1. The van der Waals surface area contributed by atoms with Crippen LogP contribution in [-0.2, 0) is 22.4 Å². The number of nitrogens with one attached hydrogen (secondary N) is 2. The molecule has 1 atom stereocenters. The van der Waals surface area contributed by atoms with Crippen molar-refractivity contribution in [2.24, 2.45) is 0 Å². The number of nitrogens with zero attached hydrogens (tertiary/aromatic N) is 1. The van der Waals surface area contributed by atoms with Crippen molar-refractivity contribution in [3.05, 3.63) is 35.9 Å². The Morgan fingerprint density at radius 2 is 2.00 bits per heavy atom. The number of rotatable bonds is 10. The van der Waals surface area contributed by atoms with Crippen LogP contribution in [0.3, 0.4) is 0 Å². The Labute approximate surface area is 151 Å². The molecule has 2 rings (SSSR count). The van der Waals surface area contributed by atoms with Crippen molar-refractivity contribution in [1.29, 1.82) is 0 Å². The molecule has 2 N–H and O–H groups in total. The quantitative estimate of drug-likeness (QED) is 0.618. The van der Waals surface area contributed by atoms with E-state index in [1.165, 1.54) is 20.5 Å². The monoisotopic (exact) mass is 361 g/mol. The summed E-state index contributed by atoms with van der Waals surface area (Å²) in [5.74, 6) is 1.35. The number of aryl methyl sites for hydroxylation is 1. The zero-order chi connectivity index (χ0) is 18.9. The maximum atomic E-state index is 12.2. The molecule has 2 aromatic rings. The number of benzene rings is 1. The molecule has 0 bridgehead atoms. The van der Waals surface area contributed by atoms with E-state index in [2.05, 4.69) is 15.3 Å². The van der Waals surface area contributed by atoms with Gasteiger partial charge in [-0.15, -0.1) is 0 Å². The van der Waals surface area contributed by atoms with E-state index in [1.807, 2.05) is 6.07 Å². The van der Waals surface area contributed by atoms with Gasteiger partial charge in [0.2, 0.25) is 11.7 Å². The highest BCUT2D eigenvalue weighted by Crippen LogP contribution is 2.40. The number of hydrogen-bond donors (Lipinski definition) is 2. The number of aldehydes is 1. The highest BCUT2D eigenvalue weighted by molar-refractivity contribution is 5.80. The lowest BCUT2D eigenvalue weighted by atomic mass is 10.1. The number of imidazole rings is 1. The van der Waals surface area contributed by atoms with Gasteiger partial charge in [-0.1, -0.05) is 6.07 Å². The number of methoxy groups -OCH3 is 3. The number of hydrogen-bond acceptors (Lipinski definition) is 6. The van der Waals surface area contributed by atoms with Gasteiger partial charge in [0.15, 0.2) is 11.5 Å². The second-order valence-corrected chi connectivity index (χ2v) is 5.58. The third-order valence-corrected chi connectivity index (χ3v) is 3.91. The van der Waals surface area contributed by atoms with Crippen molar-refractivity contribution in [3.8, 4) is 17.2 Å². The fraction of sp³-hybridized carbons (Fsp3) is 0.389. The molecule has 0 unspecified atom stereocenters. The molecule has 1 heterocycles. The summed E-state index contributed by atoms with van der Waals surface area (Å²) in [6, 6.07) is 2.99. The van der Waals surface area contributed by atoms with Crippen LogP contribution in [0.4, 0.5) is 0 Å². The number of aromatic amines is 1. The molecule has 1 amide bonds. The summed E-state index contributed by atoms with van der Waals surface area (Å²) < 4.78 is 16.0. The van der Waals surface area contributed by atoms with Gasteiger partial charge in [-0.3, -0.25) is 4.79 Å². The van der Waals surface area contributed by atoms with Crippen molar-refractivity contribution < 1.29 is 23.8 Å². The molecule has 0 fully saturated rings. The molecule has 1 aromatic heterocycles. The Bertz CT molecular complexity index is 731. The third-order valence-electron chi connectivity index (χ3n) is 3.91. The van der Waals surface area contributed by atoms with E-state index >= 15 is 0 Å². The van der Waals surface area contributed by atoms with Gasteiger partial charge in [-0.25, -0.2) is 4.98 Å². The van der Waals surface area contributed by atoms with Crippen molar-refractivity contribution in [1.82, 2.24) is 15.3 Å². The van der Waals surface area contributed by atoms with Gasteiger partial charge >= 0.3 is 0 Å². The van der Waals surface area contributed by atoms with Gasteiger partial charge in [0, 0.05) is 24.7 Å². The predicted octanol–water partition coefficient (Wildman–Crippen LogP) is 1.29. The summed E-state index contributed by atoms with van der Waals surface area (Å²) in [4.78, 5) is 30.2. The van der Waals surface area contributed by atoms with Crippen molar-refractivity contribution in [2.45, 2.75) is 25.3 Å². The Balaban J connectivity index is 1.99. The SMILES string of the molecule is COc1ccc(CCC(=O)N[C@H](C=O)Cc2cnc[nH]2)c(OC)c1OC. The normalized spacial score (nSPS) is 11.5. The summed E-state index contributed by atoms with van der Waals surface area (Å²) in [5, 5.41) is 2.71. The first-order chi connectivity index (χ1) is 12.6. The topological polar surface area (TPSA) is 103 Å². The number of carbonyl (C=O) groups excluding carboxylic acids is 2. The van der Waals surface area contributed by atoms with Crippen LogP contribution >= 0.6 is 0 Å². The highest BCUT2D eigenvalue weighted by Gasteiger charge is 2.18. The second kappa shape index (κ2) is 9.45. The fourth-order valence-electron chi connectivity index (χ4n) is 2.65. The first-order valence-corrected chi connectivity index (χ1v) is 8.12. The molecule has 0 saturated heterocycles. The number of ether oxygens (including phenoxy) is 3. The minimum atomic E-state index is -0.602. The van der Waals surface area contributed by atoms with Crippen LogP contribution in [0.25, 0.3) is 0 Å². The second-order valence-electron chi connectivity index (χ2n) is 5.58. The fourth-order valence-corrected chi connectivity index (χ4v) is 2.65. The molecule has 1 aromatic carbocycles. The van der Waals surface area contributed by atoms with Crippen LogP contribution in [0.5, 0.6) is 17.2 Å². The molecule has 0 aliphatic rings. The summed E-state index contributed by atoms with van der Waals surface area (Å²) in [5.41, 5.74) is 1.60. The Hall–Kier alpha value is -3.03. The molecule has 0 radical (unpaired) electrons. The molecular weight excluding hydrogens is 338 g/mol. The van der Waals surface area contributed by atoms with Gasteiger partial charge < -0.3 is 29.3 Å². The molecule has 8 nitrogen and oxygen atoms in total. The standard InChI is InChI=1S/C18H23N3O5/c1-24-15-6-4-12(17(25-2)18(15)26-3)5-7-16(23)21-14(10-22)8-13-9-19-11-20-13/h4,6,9-11,14H,5,7-8H2,1-3H3,(H,19,20)(H,21,23)/t14-/m0/s1. The van der Waals surface area contributed by atoms with E-state index in [1.54, 1.807) is 19.4 Å². The van der Waals surface area contributed by atoms with Gasteiger partial charge in [0.05, 0.1) is 33.7 Å². The van der Waals surface area contributed by atoms with E-state index in [-0.39, 0.29) is 12.3 Å². The minimum Gasteiger partial charge on any atom is -0.493 e. The minimum absolute atomic E-state index is 0.207. The molecule has 0 saturated carbocycles. The van der Waals surface area contributed by atoms with Crippen LogP contribution < -0.4 is 19.5 Å². The van der Waals surface area contributed by atoms with Crippen LogP contribution in [0.1, 0.15) is 17.7 Å². The Morgan fingerprint density at radius 3 is 2.58 bits per heavy atom. The maximum absolute atomic E-state index is 12.2. The van der Waals surface area contributed by atoms with Crippen molar-refractivity contribution in [2.75, 3.05) is 21.3 Å². The van der Waals surface area contributed by atoms with Gasteiger partial charge in [0.1, 0.15) is 6.29 Å². The van der Waals surface area contributed by atoms with Gasteiger partial charge in [-0.2, -0.15) is 0 Å². The van der Waals surface area contributed by atoms with E-state index < -0.39 is 6.04 Å². The average molecular weight is 361 g/mol. The van der Waals surface area contributed by atoms with E-state index in [9.17, 15) is 9.59 Å². The summed E-state index contributed by atoms with van der Waals surface area (Å²) >= 11 is 0. The largest absolute Gasteiger partial charge is 0.493 e. The van der Waals surface area contributed by atoms with Crippen LogP contribution in [0, 0.1) is 0 Å². The lowest BCUT2D eigenvalue weighted by Crippen LogP contribution is -2.37. The number of H-pyrrole nitrogens is 1. The average Bonchev–Trinajstić information content (AvgIpc) is 3.17. The van der Waals surface area contributed by atoms with E-state index in [4.69, 9.17) is 14.2 Å². The van der Waals surface area contributed by atoms with Gasteiger partial charge in [0.25, 0.3) is 0 Å². The first-order valence-electron chi connectivity index (χ1n) is 8.12. The number of carbonyl (C=O) groups is 2. The smallest absolute Gasteiger partial charge is 0.220 e. The Kier molecular flexibility index (Phi) is 7.02.